The van der Waals surface area contributed by atoms with E-state index in [0.717, 1.165) is 17.0 Å². The van der Waals surface area contributed by atoms with Gasteiger partial charge >= 0.3 is 0 Å². The monoisotopic (exact) mass is 365 g/mol. The van der Waals surface area contributed by atoms with E-state index in [1.807, 2.05) is 13.8 Å². The Morgan fingerprint density at radius 2 is 2.21 bits per heavy atom. The lowest BCUT2D eigenvalue weighted by Crippen LogP contribution is -2.25. The first-order chi connectivity index (χ1) is 11.4. The molecule has 0 aliphatic carbocycles. The molecule has 1 saturated heterocycles. The van der Waals surface area contributed by atoms with Crippen molar-refractivity contribution < 1.29 is 13.2 Å². The molecule has 1 aliphatic heterocycles. The van der Waals surface area contributed by atoms with E-state index in [-0.39, 0.29) is 11.7 Å². The van der Waals surface area contributed by atoms with Gasteiger partial charge in [0.05, 0.1) is 17.1 Å². The number of aryl methyl sites for hydroxylation is 2. The van der Waals surface area contributed by atoms with Crippen LogP contribution in [0.4, 0.5) is 10.8 Å². The summed E-state index contributed by atoms with van der Waals surface area (Å²) < 4.78 is 25.4. The van der Waals surface area contributed by atoms with Gasteiger partial charge in [0.15, 0.2) is 5.13 Å². The lowest BCUT2D eigenvalue weighted by molar-refractivity contribution is 0.102. The number of aromatic nitrogens is 1. The molecule has 3 rings (SSSR count). The summed E-state index contributed by atoms with van der Waals surface area (Å²) in [5, 5.41) is 3.36. The molecule has 0 bridgehead atoms. The van der Waals surface area contributed by atoms with Crippen molar-refractivity contribution in [1.29, 1.82) is 0 Å². The molecule has 1 N–H and O–H groups in total. The molecule has 0 saturated carbocycles. The van der Waals surface area contributed by atoms with Gasteiger partial charge in [-0.25, -0.2) is 13.4 Å². The van der Waals surface area contributed by atoms with Gasteiger partial charge in [0, 0.05) is 17.0 Å². The maximum atomic E-state index is 12.4. The number of amides is 1. The van der Waals surface area contributed by atoms with Gasteiger partial charge in [-0.15, -0.1) is 11.3 Å². The van der Waals surface area contributed by atoms with Crippen molar-refractivity contribution in [1.82, 2.24) is 4.98 Å². The molecular formula is C16H19N3O3S2. The maximum absolute atomic E-state index is 12.4. The number of thiazole rings is 1. The van der Waals surface area contributed by atoms with Crippen molar-refractivity contribution in [3.63, 3.8) is 0 Å². The molecule has 128 valence electrons. The molecule has 2 aromatic rings. The van der Waals surface area contributed by atoms with Gasteiger partial charge in [-0.2, -0.15) is 0 Å². The molecule has 2 heterocycles. The number of anilines is 2. The topological polar surface area (TPSA) is 79.4 Å². The number of hydrogen-bond acceptors (Lipinski definition) is 5. The maximum Gasteiger partial charge on any atom is 0.257 e. The molecule has 8 heteroatoms. The van der Waals surface area contributed by atoms with Crippen LogP contribution < -0.4 is 9.62 Å². The Morgan fingerprint density at radius 3 is 2.83 bits per heavy atom. The summed E-state index contributed by atoms with van der Waals surface area (Å²) in [4.78, 5) is 17.9. The molecule has 0 atom stereocenters. The number of sulfonamides is 1. The van der Waals surface area contributed by atoms with Crippen molar-refractivity contribution in [3.05, 3.63) is 40.4 Å². The molecule has 1 aromatic carbocycles. The van der Waals surface area contributed by atoms with E-state index >= 15 is 0 Å². The first-order valence-corrected chi connectivity index (χ1v) is 10.2. The highest BCUT2D eigenvalue weighted by atomic mass is 32.2. The average Bonchev–Trinajstić information content (AvgIpc) is 3.08. The van der Waals surface area contributed by atoms with Crippen LogP contribution in [-0.2, 0) is 16.4 Å². The van der Waals surface area contributed by atoms with Crippen LogP contribution in [-0.4, -0.2) is 31.6 Å². The Hall–Kier alpha value is -1.93. The number of rotatable bonds is 4. The second-order valence-electron chi connectivity index (χ2n) is 5.62. The van der Waals surface area contributed by atoms with Gasteiger partial charge in [0.1, 0.15) is 0 Å². The largest absolute Gasteiger partial charge is 0.298 e. The molecule has 0 radical (unpaired) electrons. The second kappa shape index (κ2) is 6.52. The minimum Gasteiger partial charge on any atom is -0.298 e. The third kappa shape index (κ3) is 3.29. The van der Waals surface area contributed by atoms with Crippen LogP contribution in [0.3, 0.4) is 0 Å². The van der Waals surface area contributed by atoms with E-state index in [0.29, 0.717) is 29.3 Å². The number of carbonyl (C=O) groups excluding carboxylic acids is 1. The van der Waals surface area contributed by atoms with Crippen molar-refractivity contribution in [2.75, 3.05) is 21.9 Å². The summed E-state index contributed by atoms with van der Waals surface area (Å²) in [6.07, 6.45) is 1.43. The number of benzene rings is 1. The van der Waals surface area contributed by atoms with Crippen LogP contribution in [0.25, 0.3) is 0 Å². The van der Waals surface area contributed by atoms with E-state index < -0.39 is 10.0 Å². The number of nitrogens with zero attached hydrogens (tertiary/aromatic N) is 2. The lowest BCUT2D eigenvalue weighted by Gasteiger charge is -2.17. The summed E-state index contributed by atoms with van der Waals surface area (Å²) in [5.74, 6) is -0.133. The van der Waals surface area contributed by atoms with Gasteiger partial charge in [-0.1, -0.05) is 13.0 Å². The Bertz CT molecular complexity index is 874. The standard InChI is InChI=1S/C16H19N3O3S2/c1-3-14-11(2)23-16(17-14)18-15(20)12-6-4-7-13(10-12)19-8-5-9-24(19,21)22/h4,6-7,10H,3,5,8-9H2,1-2H3,(H,17,18,20). The summed E-state index contributed by atoms with van der Waals surface area (Å²) in [5.41, 5.74) is 1.93. The fraction of sp³-hybridized carbons (Fsp3) is 0.375. The lowest BCUT2D eigenvalue weighted by atomic mass is 10.2. The fourth-order valence-electron chi connectivity index (χ4n) is 2.71. The van der Waals surface area contributed by atoms with Crippen molar-refractivity contribution in [2.45, 2.75) is 26.7 Å². The minimum atomic E-state index is -3.26. The molecule has 24 heavy (non-hydrogen) atoms. The normalized spacial score (nSPS) is 16.3. The van der Waals surface area contributed by atoms with E-state index in [2.05, 4.69) is 10.3 Å². The molecular weight excluding hydrogens is 346 g/mol. The Balaban J connectivity index is 1.81. The summed E-state index contributed by atoms with van der Waals surface area (Å²) in [6, 6.07) is 6.69. The highest BCUT2D eigenvalue weighted by Crippen LogP contribution is 2.26. The van der Waals surface area contributed by atoms with Crippen LogP contribution in [0.1, 0.15) is 34.3 Å². The van der Waals surface area contributed by atoms with Crippen molar-refractivity contribution >= 4 is 38.1 Å². The zero-order valence-electron chi connectivity index (χ0n) is 13.6. The van der Waals surface area contributed by atoms with Gasteiger partial charge in [-0.3, -0.25) is 14.4 Å². The SMILES string of the molecule is CCc1nc(NC(=O)c2cccc(N3CCCS3(=O)=O)c2)sc1C. The summed E-state index contributed by atoms with van der Waals surface area (Å²) in [7, 11) is -3.26. The fourth-order valence-corrected chi connectivity index (χ4v) is 5.16. The van der Waals surface area contributed by atoms with Crippen molar-refractivity contribution in [2.24, 2.45) is 0 Å². The average molecular weight is 365 g/mol. The third-order valence-corrected chi connectivity index (χ3v) is 6.74. The van der Waals surface area contributed by atoms with Gasteiger partial charge < -0.3 is 0 Å². The highest BCUT2D eigenvalue weighted by molar-refractivity contribution is 7.93. The summed E-state index contributed by atoms with van der Waals surface area (Å²) in [6.45, 7) is 4.46. The smallest absolute Gasteiger partial charge is 0.257 e. The number of carbonyl (C=O) groups is 1. The minimum absolute atomic E-state index is 0.154. The van der Waals surface area contributed by atoms with Gasteiger partial charge in [0.25, 0.3) is 5.91 Å². The second-order valence-corrected chi connectivity index (χ2v) is 8.84. The van der Waals surface area contributed by atoms with Crippen LogP contribution in [0, 0.1) is 6.92 Å². The van der Waals surface area contributed by atoms with E-state index in [9.17, 15) is 13.2 Å². The predicted octanol–water partition coefficient (Wildman–Crippen LogP) is 2.81. The molecule has 1 aliphatic rings. The van der Waals surface area contributed by atoms with Crippen LogP contribution >= 0.6 is 11.3 Å². The van der Waals surface area contributed by atoms with E-state index in [1.165, 1.54) is 15.6 Å². The van der Waals surface area contributed by atoms with Crippen LogP contribution in [0.5, 0.6) is 0 Å². The number of nitrogens with one attached hydrogen (secondary N) is 1. The quantitative estimate of drug-likeness (QED) is 0.903. The Labute approximate surface area is 145 Å². The first-order valence-electron chi connectivity index (χ1n) is 7.79. The molecule has 1 amide bonds. The molecule has 1 fully saturated rings. The zero-order chi connectivity index (χ0) is 17.3. The highest BCUT2D eigenvalue weighted by Gasteiger charge is 2.28. The third-order valence-electron chi connectivity index (χ3n) is 3.94. The zero-order valence-corrected chi connectivity index (χ0v) is 15.2. The Morgan fingerprint density at radius 1 is 1.42 bits per heavy atom. The van der Waals surface area contributed by atoms with Gasteiger partial charge in [-0.05, 0) is 38.0 Å². The molecule has 0 unspecified atom stereocenters. The van der Waals surface area contributed by atoms with Crippen LogP contribution in [0.2, 0.25) is 0 Å². The van der Waals surface area contributed by atoms with Crippen molar-refractivity contribution in [3.8, 4) is 0 Å². The number of hydrogen-bond donors (Lipinski definition) is 1. The Kier molecular flexibility index (Phi) is 4.60. The van der Waals surface area contributed by atoms with Crippen LogP contribution in [0.15, 0.2) is 24.3 Å². The molecule has 0 spiro atoms. The first kappa shape index (κ1) is 16.9. The summed E-state index contributed by atoms with van der Waals surface area (Å²) >= 11 is 1.44. The molecule has 6 nitrogen and oxygen atoms in total. The van der Waals surface area contributed by atoms with E-state index in [1.54, 1.807) is 24.3 Å². The predicted molar refractivity (Wildman–Crippen MR) is 96.4 cm³/mol. The van der Waals surface area contributed by atoms with Gasteiger partial charge in [0.2, 0.25) is 10.0 Å². The van der Waals surface area contributed by atoms with E-state index in [4.69, 9.17) is 0 Å². The molecule has 1 aromatic heterocycles.